The monoisotopic (exact) mass is 1000 g/mol. The molecule has 4 aromatic rings. The van der Waals surface area contributed by atoms with Gasteiger partial charge in [0.15, 0.2) is 0 Å². The molecule has 0 aromatic heterocycles. The number of hydrogen-bond acceptors (Lipinski definition) is 0. The average molecular weight is 1000 g/mol. The van der Waals surface area contributed by atoms with Crippen molar-refractivity contribution < 1.29 is 72.4 Å². The Morgan fingerprint density at radius 2 is 0.859 bits per heavy atom. The Morgan fingerprint density at radius 1 is 0.500 bits per heavy atom. The second-order valence-corrected chi connectivity index (χ2v) is 28.9. The molecular weight excluding hydrogens is 937 g/mol. The van der Waals surface area contributed by atoms with E-state index in [9.17, 15) is 26.3 Å². The second kappa shape index (κ2) is 18.1. The van der Waals surface area contributed by atoms with Gasteiger partial charge in [-0.15, -0.1) is 0 Å². The van der Waals surface area contributed by atoms with E-state index in [4.69, 9.17) is 0 Å². The van der Waals surface area contributed by atoms with Crippen molar-refractivity contribution in [3.05, 3.63) is 149 Å². The SMILES string of the molecule is CCC1C=C(C(C)(C)C)C=[C]1[Zr+2](=[C](c1cccc(C(F)(F)F)c1)c1cccc(C(F)(F)F)c1)[CH]1c2cc(C(C)(C)C)c(C(C)(C)C)cc2-c2cc(C(C)(C)C)c(C(C)(C)C)cc21.[Cl-].[Cl-]. The molecule has 0 aliphatic heterocycles. The van der Waals surface area contributed by atoms with Crippen LogP contribution in [-0.4, -0.2) is 3.21 Å². The Hall–Kier alpha value is -2.73. The smallest absolute Gasteiger partial charge is 1.00 e. The van der Waals surface area contributed by atoms with Crippen LogP contribution in [-0.2, 0) is 55.3 Å². The summed E-state index contributed by atoms with van der Waals surface area (Å²) in [5.74, 6) is -0.0235. The Balaban J connectivity index is 0.00000449. The zero-order valence-electron chi connectivity index (χ0n) is 40.5. The van der Waals surface area contributed by atoms with Gasteiger partial charge in [0.1, 0.15) is 0 Å². The van der Waals surface area contributed by atoms with Crippen LogP contribution < -0.4 is 24.8 Å². The molecule has 0 heterocycles. The molecule has 0 spiro atoms. The number of benzene rings is 4. The van der Waals surface area contributed by atoms with Gasteiger partial charge >= 0.3 is 378 Å². The number of hydrogen-bond donors (Lipinski definition) is 0. The number of allylic oxidation sites excluding steroid dienone is 4. The number of rotatable bonds is 5. The summed E-state index contributed by atoms with van der Waals surface area (Å²) in [7, 11) is 0. The van der Waals surface area contributed by atoms with Crippen LogP contribution in [0.15, 0.2) is 93.8 Å². The molecule has 0 nitrogen and oxygen atoms in total. The summed E-state index contributed by atoms with van der Waals surface area (Å²) in [5, 5.41) is 0. The summed E-state index contributed by atoms with van der Waals surface area (Å²) in [4.78, 5) is 0. The van der Waals surface area contributed by atoms with E-state index >= 15 is 0 Å². The van der Waals surface area contributed by atoms with Crippen LogP contribution in [0.25, 0.3) is 11.1 Å². The summed E-state index contributed by atoms with van der Waals surface area (Å²) in [6, 6.07) is 20.3. The van der Waals surface area contributed by atoms with Crippen LogP contribution in [0.2, 0.25) is 0 Å². The van der Waals surface area contributed by atoms with Gasteiger partial charge in [0.2, 0.25) is 0 Å². The Morgan fingerprint density at radius 3 is 1.17 bits per heavy atom. The van der Waals surface area contributed by atoms with Gasteiger partial charge in [-0.05, 0) is 0 Å². The first kappa shape index (κ1) is 53.9. The zero-order chi connectivity index (χ0) is 46.5. The predicted octanol–water partition coefficient (Wildman–Crippen LogP) is 10.8. The molecule has 0 fully saturated rings. The Kier molecular flexibility index (Phi) is 15.2. The summed E-state index contributed by atoms with van der Waals surface area (Å²) < 4.78 is 90.2. The van der Waals surface area contributed by atoms with Crippen LogP contribution in [0, 0.1) is 11.3 Å². The summed E-state index contributed by atoms with van der Waals surface area (Å²) in [5.41, 5.74) is 8.42. The van der Waals surface area contributed by atoms with Crippen molar-refractivity contribution >= 4 is 3.21 Å². The number of fused-ring (bicyclic) bond motifs is 3. The fourth-order valence-corrected chi connectivity index (χ4v) is 19.2. The van der Waals surface area contributed by atoms with Crippen molar-refractivity contribution in [2.45, 2.75) is 155 Å². The number of halogens is 8. The van der Waals surface area contributed by atoms with Crippen molar-refractivity contribution in [1.82, 2.24) is 0 Å². The molecule has 0 radical (unpaired) electrons. The number of alkyl halides is 6. The fraction of sp³-hybridized carbons (Fsp3) is 0.473. The first-order valence-electron chi connectivity index (χ1n) is 22.1. The first-order valence-corrected chi connectivity index (χ1v) is 25.9. The quantitative estimate of drug-likeness (QED) is 0.175. The molecule has 1 atom stereocenters. The fourth-order valence-electron chi connectivity index (χ4n) is 9.48. The third kappa shape index (κ3) is 10.7. The normalized spacial score (nSPS) is 15.9. The van der Waals surface area contributed by atoms with Gasteiger partial charge in [0.25, 0.3) is 0 Å². The van der Waals surface area contributed by atoms with E-state index in [0.29, 0.717) is 14.3 Å². The molecule has 0 saturated carbocycles. The minimum absolute atomic E-state index is 0. The maximum atomic E-state index is 14.8. The second-order valence-electron chi connectivity index (χ2n) is 22.8. The van der Waals surface area contributed by atoms with Gasteiger partial charge in [-0.3, -0.25) is 0 Å². The molecule has 0 saturated heterocycles. The largest absolute Gasteiger partial charge is 1.00 e. The zero-order valence-corrected chi connectivity index (χ0v) is 44.4. The molecule has 0 bridgehead atoms. The maximum Gasteiger partial charge on any atom is -1.00 e. The predicted molar refractivity (Wildman–Crippen MR) is 244 cm³/mol. The van der Waals surface area contributed by atoms with Crippen LogP contribution in [0.5, 0.6) is 0 Å². The topological polar surface area (TPSA) is 0 Å². The summed E-state index contributed by atoms with van der Waals surface area (Å²) >= 11 is -3.96. The Bertz CT molecular complexity index is 2360. The van der Waals surface area contributed by atoms with E-state index in [0.717, 1.165) is 46.4 Å². The van der Waals surface area contributed by atoms with E-state index < -0.39 is 44.7 Å². The van der Waals surface area contributed by atoms with Gasteiger partial charge in [-0.2, -0.15) is 0 Å². The van der Waals surface area contributed by atoms with E-state index in [1.807, 2.05) is 0 Å². The van der Waals surface area contributed by atoms with Crippen LogP contribution in [0.1, 0.15) is 176 Å². The van der Waals surface area contributed by atoms with Crippen molar-refractivity contribution in [3.8, 4) is 11.1 Å². The molecule has 1 unspecified atom stereocenters. The molecule has 0 amide bonds. The van der Waals surface area contributed by atoms with Gasteiger partial charge < -0.3 is 24.8 Å². The summed E-state index contributed by atoms with van der Waals surface area (Å²) in [6.45, 7) is 35.5. The molecule has 2 aliphatic rings. The van der Waals surface area contributed by atoms with Crippen molar-refractivity contribution in [3.63, 3.8) is 0 Å². The van der Waals surface area contributed by atoms with Gasteiger partial charge in [0, 0.05) is 0 Å². The van der Waals surface area contributed by atoms with Crippen molar-refractivity contribution in [1.29, 1.82) is 0 Å². The molecule has 346 valence electrons. The molecule has 2 aliphatic carbocycles. The third-order valence-corrected chi connectivity index (χ3v) is 21.2. The maximum absolute atomic E-state index is 14.8. The molecule has 9 heteroatoms. The van der Waals surface area contributed by atoms with Crippen LogP contribution in [0.3, 0.4) is 0 Å². The molecule has 6 rings (SSSR count). The molecule has 4 aromatic carbocycles. The molecule has 0 N–H and O–H groups in total. The first-order chi connectivity index (χ1) is 28.1. The molecule has 64 heavy (non-hydrogen) atoms. The Labute approximate surface area is 399 Å². The van der Waals surface area contributed by atoms with Crippen LogP contribution in [0.4, 0.5) is 26.3 Å². The van der Waals surface area contributed by atoms with Gasteiger partial charge in [0.05, 0.1) is 0 Å². The average Bonchev–Trinajstić information content (AvgIpc) is 3.70. The minimum atomic E-state index is -4.65. The van der Waals surface area contributed by atoms with E-state index in [-0.39, 0.29) is 61.4 Å². The minimum Gasteiger partial charge on any atom is -1.00 e. The van der Waals surface area contributed by atoms with Crippen molar-refractivity contribution in [2.24, 2.45) is 11.3 Å². The molecular formula is C55H66Cl2F6Zr. The van der Waals surface area contributed by atoms with E-state index in [2.05, 4.69) is 147 Å². The third-order valence-electron chi connectivity index (χ3n) is 12.7. The van der Waals surface area contributed by atoms with Crippen molar-refractivity contribution in [2.75, 3.05) is 0 Å². The van der Waals surface area contributed by atoms with Gasteiger partial charge in [-0.1, -0.05) is 0 Å². The van der Waals surface area contributed by atoms with Crippen LogP contribution >= 0.6 is 0 Å². The standard InChI is InChI=1S/C29H41.C15H8F6.C11H17.2ClH.Zr/c1-26(2,3)22-14-18-13-19-15-23(27(4,5)6)25(29(10,11)12)17-21(19)20(18)16-24(22)28(7,8)9;16-14(17,18)12-5-1-3-10(8-12)7-11-4-2-6-13(9-11)15(19,20)21;1-5-9-6-7-10(8-9)11(2,3)4;;;/h13-17H,1-12H3;1-6,8-9H;7-9H,5H2,1-4H3;2*1H;/q;;;;;+2/p-2. The van der Waals surface area contributed by atoms with Gasteiger partial charge in [-0.25, -0.2) is 0 Å². The van der Waals surface area contributed by atoms with E-state index in [1.54, 1.807) is 12.1 Å². The van der Waals surface area contributed by atoms with E-state index in [1.165, 1.54) is 49.8 Å². The summed E-state index contributed by atoms with van der Waals surface area (Å²) in [6.07, 6.45) is -3.91.